The molecule has 0 atom stereocenters. The highest BCUT2D eigenvalue weighted by atomic mass is 19.3. The van der Waals surface area contributed by atoms with Gasteiger partial charge in [0.15, 0.2) is 5.78 Å². The highest BCUT2D eigenvalue weighted by Gasteiger charge is 2.06. The van der Waals surface area contributed by atoms with E-state index in [1.807, 2.05) is 54.6 Å². The third-order valence-corrected chi connectivity index (χ3v) is 3.81. The van der Waals surface area contributed by atoms with E-state index < -0.39 is 6.61 Å². The van der Waals surface area contributed by atoms with Crippen LogP contribution in [-0.2, 0) is 0 Å². The summed E-state index contributed by atoms with van der Waals surface area (Å²) in [4.78, 5) is 12.2. The summed E-state index contributed by atoms with van der Waals surface area (Å²) in [5.41, 5.74) is 3.54. The number of rotatable bonds is 6. The molecule has 0 N–H and O–H groups in total. The Morgan fingerprint density at radius 3 is 2.04 bits per heavy atom. The summed E-state index contributed by atoms with van der Waals surface area (Å²) in [6, 6.07) is 23.5. The predicted octanol–water partition coefficient (Wildman–Crippen LogP) is 5.85. The number of hydrogen-bond acceptors (Lipinski definition) is 2. The largest absolute Gasteiger partial charge is 0.435 e. The maximum absolute atomic E-state index is 12.2. The first-order valence-corrected chi connectivity index (χ1v) is 8.04. The third kappa shape index (κ3) is 4.63. The lowest BCUT2D eigenvalue weighted by molar-refractivity contribution is -0.0498. The summed E-state index contributed by atoms with van der Waals surface area (Å²) in [7, 11) is 0. The molecule has 3 aromatic rings. The van der Waals surface area contributed by atoms with Crippen LogP contribution in [-0.4, -0.2) is 12.4 Å². The number of ether oxygens (including phenoxy) is 1. The lowest BCUT2D eigenvalue weighted by Gasteiger charge is -2.04. The Morgan fingerprint density at radius 2 is 1.42 bits per heavy atom. The Bertz CT molecular complexity index is 884. The second-order valence-electron chi connectivity index (χ2n) is 5.59. The zero-order chi connectivity index (χ0) is 18.4. The van der Waals surface area contributed by atoms with Crippen LogP contribution in [0.25, 0.3) is 17.2 Å². The average Bonchev–Trinajstić information content (AvgIpc) is 2.67. The zero-order valence-corrected chi connectivity index (χ0v) is 13.8. The molecule has 3 rings (SSSR count). The van der Waals surface area contributed by atoms with Gasteiger partial charge in [-0.25, -0.2) is 0 Å². The number of hydrogen-bond donors (Lipinski definition) is 0. The van der Waals surface area contributed by atoms with Crippen LogP contribution in [0.4, 0.5) is 8.78 Å². The van der Waals surface area contributed by atoms with Gasteiger partial charge >= 0.3 is 6.61 Å². The molecule has 0 radical (unpaired) electrons. The minimum atomic E-state index is -2.88. The fourth-order valence-electron chi connectivity index (χ4n) is 2.49. The van der Waals surface area contributed by atoms with Crippen LogP contribution in [0.15, 0.2) is 84.9 Å². The van der Waals surface area contributed by atoms with Crippen LogP contribution >= 0.6 is 0 Å². The van der Waals surface area contributed by atoms with Crippen molar-refractivity contribution in [2.45, 2.75) is 6.61 Å². The first-order chi connectivity index (χ1) is 12.6. The SMILES string of the molecule is O=C(C=Cc1ccc(-c2ccccc2)cc1)c1ccc(OC(F)F)cc1. The van der Waals surface area contributed by atoms with Crippen molar-refractivity contribution in [1.29, 1.82) is 0 Å². The van der Waals surface area contributed by atoms with E-state index in [0.717, 1.165) is 16.7 Å². The maximum atomic E-state index is 12.2. The number of halogens is 2. The number of carbonyl (C=O) groups excluding carboxylic acids is 1. The van der Waals surface area contributed by atoms with Crippen molar-refractivity contribution in [3.8, 4) is 16.9 Å². The smallest absolute Gasteiger partial charge is 0.387 e. The van der Waals surface area contributed by atoms with E-state index in [4.69, 9.17) is 0 Å². The second kappa shape index (κ2) is 8.21. The van der Waals surface area contributed by atoms with Crippen LogP contribution < -0.4 is 4.74 Å². The van der Waals surface area contributed by atoms with Gasteiger partial charge in [-0.15, -0.1) is 0 Å². The molecular weight excluding hydrogens is 334 g/mol. The van der Waals surface area contributed by atoms with Crippen LogP contribution in [0.3, 0.4) is 0 Å². The molecule has 0 spiro atoms. The lowest BCUT2D eigenvalue weighted by Crippen LogP contribution is -2.02. The molecule has 0 heterocycles. The van der Waals surface area contributed by atoms with E-state index in [0.29, 0.717) is 5.56 Å². The van der Waals surface area contributed by atoms with Gasteiger partial charge in [-0.2, -0.15) is 8.78 Å². The maximum Gasteiger partial charge on any atom is 0.387 e. The number of allylic oxidation sites excluding steroid dienone is 1. The van der Waals surface area contributed by atoms with Crippen LogP contribution in [0, 0.1) is 0 Å². The van der Waals surface area contributed by atoms with Gasteiger partial charge in [0.2, 0.25) is 0 Å². The van der Waals surface area contributed by atoms with Gasteiger partial charge in [-0.3, -0.25) is 4.79 Å². The zero-order valence-electron chi connectivity index (χ0n) is 13.8. The minimum absolute atomic E-state index is 0.0250. The fraction of sp³-hybridized carbons (Fsp3) is 0.0455. The van der Waals surface area contributed by atoms with Gasteiger partial charge in [0.05, 0.1) is 0 Å². The number of ketones is 1. The van der Waals surface area contributed by atoms with E-state index in [1.54, 1.807) is 6.08 Å². The molecule has 0 aliphatic rings. The Kier molecular flexibility index (Phi) is 5.54. The standard InChI is InChI=1S/C22H16F2O2/c23-22(24)26-20-13-11-19(12-14-20)21(25)15-8-16-6-9-18(10-7-16)17-4-2-1-3-5-17/h1-15,22H. The molecule has 0 saturated carbocycles. The Hall–Kier alpha value is -3.27. The van der Waals surface area contributed by atoms with Gasteiger partial charge in [-0.05, 0) is 47.0 Å². The lowest BCUT2D eigenvalue weighted by atomic mass is 10.0. The summed E-state index contributed by atoms with van der Waals surface area (Å²) in [6.07, 6.45) is 3.18. The molecule has 3 aromatic carbocycles. The van der Waals surface area contributed by atoms with Crippen LogP contribution in [0.1, 0.15) is 15.9 Å². The van der Waals surface area contributed by atoms with E-state index in [9.17, 15) is 13.6 Å². The molecule has 0 aliphatic carbocycles. The van der Waals surface area contributed by atoms with E-state index >= 15 is 0 Å². The van der Waals surface area contributed by atoms with Crippen molar-refractivity contribution in [3.05, 3.63) is 96.1 Å². The van der Waals surface area contributed by atoms with Crippen molar-refractivity contribution in [1.82, 2.24) is 0 Å². The predicted molar refractivity (Wildman–Crippen MR) is 98.3 cm³/mol. The van der Waals surface area contributed by atoms with Gasteiger partial charge in [0.1, 0.15) is 5.75 Å². The summed E-state index contributed by atoms with van der Waals surface area (Å²) < 4.78 is 28.5. The normalized spacial score (nSPS) is 11.0. The summed E-state index contributed by atoms with van der Waals surface area (Å²) in [5.74, 6) is -0.183. The summed E-state index contributed by atoms with van der Waals surface area (Å²) in [6.45, 7) is -2.88. The Morgan fingerprint density at radius 1 is 0.808 bits per heavy atom. The molecule has 0 bridgehead atoms. The van der Waals surface area contributed by atoms with Crippen molar-refractivity contribution in [2.75, 3.05) is 0 Å². The highest BCUT2D eigenvalue weighted by molar-refractivity contribution is 6.06. The molecule has 4 heteroatoms. The summed E-state index contributed by atoms with van der Waals surface area (Å²) >= 11 is 0. The molecule has 2 nitrogen and oxygen atoms in total. The molecule has 130 valence electrons. The molecule has 0 unspecified atom stereocenters. The number of carbonyl (C=O) groups is 1. The van der Waals surface area contributed by atoms with Gasteiger partial charge in [0, 0.05) is 5.56 Å². The van der Waals surface area contributed by atoms with Crippen molar-refractivity contribution < 1.29 is 18.3 Å². The van der Waals surface area contributed by atoms with Crippen LogP contribution in [0.2, 0.25) is 0 Å². The Balaban J connectivity index is 1.66. The van der Waals surface area contributed by atoms with Crippen molar-refractivity contribution in [2.24, 2.45) is 0 Å². The second-order valence-corrected chi connectivity index (χ2v) is 5.59. The van der Waals surface area contributed by atoms with Gasteiger partial charge in [0.25, 0.3) is 0 Å². The molecular formula is C22H16F2O2. The molecule has 0 saturated heterocycles. The van der Waals surface area contributed by atoms with Crippen molar-refractivity contribution >= 4 is 11.9 Å². The monoisotopic (exact) mass is 350 g/mol. The molecule has 26 heavy (non-hydrogen) atoms. The molecule has 0 aliphatic heterocycles. The van der Waals surface area contributed by atoms with E-state index in [1.165, 1.54) is 30.3 Å². The van der Waals surface area contributed by atoms with E-state index in [2.05, 4.69) is 4.74 Å². The van der Waals surface area contributed by atoms with Crippen LogP contribution in [0.5, 0.6) is 5.75 Å². The van der Waals surface area contributed by atoms with Gasteiger partial charge in [-0.1, -0.05) is 60.7 Å². The average molecular weight is 350 g/mol. The van der Waals surface area contributed by atoms with E-state index in [-0.39, 0.29) is 11.5 Å². The number of alkyl halides is 2. The summed E-state index contributed by atoms with van der Waals surface area (Å²) in [5, 5.41) is 0. The topological polar surface area (TPSA) is 26.3 Å². The molecule has 0 amide bonds. The first kappa shape index (κ1) is 17.5. The minimum Gasteiger partial charge on any atom is -0.435 e. The Labute approximate surface area is 150 Å². The number of benzene rings is 3. The third-order valence-electron chi connectivity index (χ3n) is 3.81. The fourth-order valence-corrected chi connectivity index (χ4v) is 2.49. The first-order valence-electron chi connectivity index (χ1n) is 8.04. The molecule has 0 fully saturated rings. The highest BCUT2D eigenvalue weighted by Crippen LogP contribution is 2.20. The van der Waals surface area contributed by atoms with Gasteiger partial charge < -0.3 is 4.74 Å². The van der Waals surface area contributed by atoms with Crippen molar-refractivity contribution in [3.63, 3.8) is 0 Å². The molecule has 0 aromatic heterocycles. The quantitative estimate of drug-likeness (QED) is 0.412.